The summed E-state index contributed by atoms with van der Waals surface area (Å²) >= 11 is 1.07. The Kier molecular flexibility index (Phi) is 5.30. The quantitative estimate of drug-likeness (QED) is 0.475. The smallest absolute Gasteiger partial charge is 0.266 e. The molecule has 0 atom stereocenters. The highest BCUT2D eigenvalue weighted by molar-refractivity contribution is 7.99. The van der Waals surface area contributed by atoms with Crippen molar-refractivity contribution in [1.82, 2.24) is 0 Å². The van der Waals surface area contributed by atoms with Crippen molar-refractivity contribution >= 4 is 21.9 Å². The lowest BCUT2D eigenvalue weighted by Gasteiger charge is -2.12. The van der Waals surface area contributed by atoms with Gasteiger partial charge < -0.3 is 4.55 Å². The second kappa shape index (κ2) is 6.31. The van der Waals surface area contributed by atoms with E-state index in [-0.39, 0.29) is 17.1 Å². The molecule has 0 aliphatic carbocycles. The molecule has 0 radical (unpaired) electrons. The van der Waals surface area contributed by atoms with Crippen molar-refractivity contribution in [3.8, 4) is 0 Å². The van der Waals surface area contributed by atoms with Gasteiger partial charge in [0.1, 0.15) is 10.1 Å². The van der Waals surface area contributed by atoms with Crippen molar-refractivity contribution in [2.45, 2.75) is 23.1 Å². The summed E-state index contributed by atoms with van der Waals surface area (Å²) < 4.78 is 56.6. The van der Waals surface area contributed by atoms with Gasteiger partial charge in [0.05, 0.1) is 4.90 Å². The first-order valence-electron chi connectivity index (χ1n) is 5.01. The third-order valence-corrected chi connectivity index (χ3v) is 4.16. The summed E-state index contributed by atoms with van der Waals surface area (Å²) in [6.45, 7) is 1.76. The monoisotopic (exact) mass is 293 g/mol. The number of halogens is 2. The summed E-state index contributed by atoms with van der Waals surface area (Å²) in [4.78, 5) is 0.000432. The molecule has 0 amide bonds. The van der Waals surface area contributed by atoms with Gasteiger partial charge in [-0.05, 0) is 37.1 Å². The van der Waals surface area contributed by atoms with Crippen molar-refractivity contribution in [1.29, 1.82) is 0 Å². The van der Waals surface area contributed by atoms with E-state index in [2.05, 4.69) is 0 Å². The van der Waals surface area contributed by atoms with Crippen LogP contribution in [0.25, 0.3) is 0 Å². The van der Waals surface area contributed by atoms with Crippen LogP contribution >= 0.6 is 11.8 Å². The predicted octanol–water partition coefficient (Wildman–Crippen LogP) is 3.16. The molecule has 0 saturated carbocycles. The molecule has 0 unspecified atom stereocenters. The number of hydrogen-bond donors (Lipinski definition) is 0. The van der Waals surface area contributed by atoms with E-state index in [9.17, 15) is 21.8 Å². The average Bonchev–Trinajstić information content (AvgIpc) is 2.22. The highest BCUT2D eigenvalue weighted by Gasteiger charge is 2.09. The minimum Gasteiger partial charge on any atom is -0.744 e. The molecular weight excluding hydrogens is 282 g/mol. The first kappa shape index (κ1) is 15.1. The normalized spacial score (nSPS) is 11.3. The van der Waals surface area contributed by atoms with E-state index in [0.717, 1.165) is 23.4 Å². The molecule has 0 aliphatic heterocycles. The van der Waals surface area contributed by atoms with Crippen LogP contribution in [0.4, 0.5) is 8.78 Å². The van der Waals surface area contributed by atoms with Crippen LogP contribution in [-0.2, 0) is 10.1 Å². The highest BCUT2D eigenvalue weighted by Crippen LogP contribution is 2.28. The van der Waals surface area contributed by atoms with E-state index < -0.39 is 16.2 Å². The number of thioether (sulfide) groups is 1. The third-order valence-electron chi connectivity index (χ3n) is 2.04. The summed E-state index contributed by atoms with van der Waals surface area (Å²) in [5.74, 6) is 0.281. The van der Waals surface area contributed by atoms with E-state index >= 15 is 0 Å². The molecule has 7 heteroatoms. The SMILES string of the molecule is Cc1ccc(S(=O)(=O)[O-])c(SCCC=C(F)F)c1. The Labute approximate surface area is 109 Å². The lowest BCUT2D eigenvalue weighted by Crippen LogP contribution is -2.01. The Morgan fingerprint density at radius 1 is 1.44 bits per heavy atom. The molecule has 0 fully saturated rings. The van der Waals surface area contributed by atoms with Crippen molar-refractivity contribution < 1.29 is 21.8 Å². The van der Waals surface area contributed by atoms with Crippen molar-refractivity contribution in [3.63, 3.8) is 0 Å². The van der Waals surface area contributed by atoms with Crippen LogP contribution in [0.1, 0.15) is 12.0 Å². The average molecular weight is 293 g/mol. The number of hydrogen-bond acceptors (Lipinski definition) is 4. The zero-order chi connectivity index (χ0) is 13.8. The molecule has 0 aliphatic rings. The summed E-state index contributed by atoms with van der Waals surface area (Å²) in [5.41, 5.74) is 0.803. The van der Waals surface area contributed by atoms with Gasteiger partial charge in [0.2, 0.25) is 0 Å². The summed E-state index contributed by atoms with van der Waals surface area (Å²) in [7, 11) is -4.54. The third kappa shape index (κ3) is 4.75. The van der Waals surface area contributed by atoms with Crippen LogP contribution in [0.15, 0.2) is 40.1 Å². The largest absolute Gasteiger partial charge is 0.744 e. The molecule has 18 heavy (non-hydrogen) atoms. The van der Waals surface area contributed by atoms with E-state index in [0.29, 0.717) is 4.90 Å². The van der Waals surface area contributed by atoms with E-state index in [1.54, 1.807) is 13.0 Å². The maximum absolute atomic E-state index is 11.8. The van der Waals surface area contributed by atoms with Crippen LogP contribution in [0.5, 0.6) is 0 Å². The molecule has 0 N–H and O–H groups in total. The van der Waals surface area contributed by atoms with E-state index in [4.69, 9.17) is 0 Å². The molecule has 100 valence electrons. The van der Waals surface area contributed by atoms with Gasteiger partial charge in [-0.25, -0.2) is 8.42 Å². The number of rotatable bonds is 5. The maximum atomic E-state index is 11.8. The van der Waals surface area contributed by atoms with Gasteiger partial charge in [0.25, 0.3) is 6.08 Å². The Hall–Kier alpha value is -0.920. The van der Waals surface area contributed by atoms with Crippen LogP contribution in [0, 0.1) is 6.92 Å². The number of aryl methyl sites for hydroxylation is 1. The Morgan fingerprint density at radius 2 is 2.11 bits per heavy atom. The van der Waals surface area contributed by atoms with Gasteiger partial charge in [-0.2, -0.15) is 8.78 Å². The highest BCUT2D eigenvalue weighted by atomic mass is 32.2. The molecule has 3 nitrogen and oxygen atoms in total. The second-order valence-electron chi connectivity index (χ2n) is 3.54. The Bertz CT molecular complexity index is 549. The fraction of sp³-hybridized carbons (Fsp3) is 0.273. The minimum absolute atomic E-state index is 0.110. The molecule has 0 saturated heterocycles. The predicted molar refractivity (Wildman–Crippen MR) is 64.8 cm³/mol. The molecule has 0 spiro atoms. The molecule has 0 heterocycles. The summed E-state index contributed by atoms with van der Waals surface area (Å²) in [6, 6.07) is 4.33. The van der Waals surface area contributed by atoms with Gasteiger partial charge in [0.15, 0.2) is 0 Å². The van der Waals surface area contributed by atoms with Crippen LogP contribution in [0.2, 0.25) is 0 Å². The van der Waals surface area contributed by atoms with Gasteiger partial charge in [-0.15, -0.1) is 11.8 Å². The fourth-order valence-electron chi connectivity index (χ4n) is 1.27. The van der Waals surface area contributed by atoms with Crippen LogP contribution in [-0.4, -0.2) is 18.7 Å². The van der Waals surface area contributed by atoms with Gasteiger partial charge in [0, 0.05) is 10.6 Å². The molecular formula is C11H11F2O3S2-. The molecule has 1 aromatic carbocycles. The van der Waals surface area contributed by atoms with E-state index in [1.807, 2.05) is 0 Å². The molecule has 1 rings (SSSR count). The standard InChI is InChI=1S/C11H12F2O3S2/c1-8-4-5-10(18(14,15)16)9(7-8)17-6-2-3-11(12)13/h3-5,7H,2,6H2,1H3,(H,14,15,16)/p-1. The lowest BCUT2D eigenvalue weighted by atomic mass is 10.2. The molecule has 1 aromatic rings. The van der Waals surface area contributed by atoms with Gasteiger partial charge in [-0.1, -0.05) is 6.07 Å². The van der Waals surface area contributed by atoms with E-state index in [1.165, 1.54) is 12.1 Å². The number of allylic oxidation sites excluding steroid dienone is 1. The molecule has 0 bridgehead atoms. The fourth-order valence-corrected chi connectivity index (χ4v) is 3.23. The summed E-state index contributed by atoms with van der Waals surface area (Å²) in [6.07, 6.45) is -0.899. The zero-order valence-corrected chi connectivity index (χ0v) is 11.2. The summed E-state index contributed by atoms with van der Waals surface area (Å²) in [5, 5.41) is 0. The van der Waals surface area contributed by atoms with Crippen LogP contribution in [0.3, 0.4) is 0 Å². The Morgan fingerprint density at radius 3 is 2.67 bits per heavy atom. The van der Waals surface area contributed by atoms with Crippen molar-refractivity contribution in [2.75, 3.05) is 5.75 Å². The second-order valence-corrected chi connectivity index (χ2v) is 6.02. The first-order chi connectivity index (χ1) is 8.30. The van der Waals surface area contributed by atoms with Crippen molar-refractivity contribution in [2.24, 2.45) is 0 Å². The maximum Gasteiger partial charge on any atom is 0.266 e. The molecule has 0 aromatic heterocycles. The minimum atomic E-state index is -4.54. The van der Waals surface area contributed by atoms with Gasteiger partial charge in [-0.3, -0.25) is 0 Å². The Balaban J connectivity index is 2.87. The topological polar surface area (TPSA) is 57.2 Å². The zero-order valence-electron chi connectivity index (χ0n) is 9.52. The lowest BCUT2D eigenvalue weighted by molar-refractivity contribution is 0.418. The first-order valence-corrected chi connectivity index (χ1v) is 7.40. The number of benzene rings is 1. The van der Waals surface area contributed by atoms with Gasteiger partial charge >= 0.3 is 0 Å². The van der Waals surface area contributed by atoms with Crippen molar-refractivity contribution in [3.05, 3.63) is 35.9 Å². The van der Waals surface area contributed by atoms with Crippen LogP contribution < -0.4 is 0 Å².